The highest BCUT2D eigenvalue weighted by Crippen LogP contribution is 2.52. The Morgan fingerprint density at radius 2 is 1.59 bits per heavy atom. The zero-order chi connectivity index (χ0) is 28.4. The standard InChI is InChI=1S/C28H25F6NO3S/c1-2-22-16-35(23-13-10-20(15-24(23)39-22)26(37,27(29,30)31)28(32,33)34)25(36)14-18-8-11-21(12-9-18)38-17-19-6-4-3-5-7-19/h3-13,15,22,37H,2,14,16-17H2,1H3. The van der Waals surface area contributed by atoms with E-state index in [1.807, 2.05) is 37.3 Å². The van der Waals surface area contributed by atoms with Crippen LogP contribution in [0, 0.1) is 0 Å². The largest absolute Gasteiger partial charge is 0.489 e. The third-order valence-corrected chi connectivity index (χ3v) is 7.85. The van der Waals surface area contributed by atoms with Crippen molar-refractivity contribution in [2.45, 2.75) is 54.5 Å². The summed E-state index contributed by atoms with van der Waals surface area (Å²) in [6, 6.07) is 18.8. The van der Waals surface area contributed by atoms with E-state index in [2.05, 4.69) is 0 Å². The third kappa shape index (κ3) is 6.04. The molecule has 11 heteroatoms. The number of hydrogen-bond donors (Lipinski definition) is 1. The SMILES string of the molecule is CCC1CN(C(=O)Cc2ccc(OCc3ccccc3)cc2)c2ccc(C(O)(C(F)(F)F)C(F)(F)F)cc2S1. The maximum atomic E-state index is 13.4. The zero-order valence-corrected chi connectivity index (χ0v) is 21.5. The predicted octanol–water partition coefficient (Wildman–Crippen LogP) is 7.04. The first-order valence-corrected chi connectivity index (χ1v) is 12.9. The molecule has 1 heterocycles. The van der Waals surface area contributed by atoms with E-state index in [-0.39, 0.29) is 34.7 Å². The number of alkyl halides is 6. The molecule has 1 unspecified atom stereocenters. The van der Waals surface area contributed by atoms with Crippen molar-refractivity contribution in [2.75, 3.05) is 11.4 Å². The Labute approximate surface area is 225 Å². The lowest BCUT2D eigenvalue weighted by molar-refractivity contribution is -0.376. The number of ether oxygens (including phenoxy) is 1. The van der Waals surface area contributed by atoms with Crippen LogP contribution in [0.5, 0.6) is 5.75 Å². The Hall–Kier alpha value is -3.18. The molecule has 0 fully saturated rings. The van der Waals surface area contributed by atoms with Crippen LogP contribution >= 0.6 is 11.8 Å². The van der Waals surface area contributed by atoms with Gasteiger partial charge in [-0.05, 0) is 41.8 Å². The molecule has 0 spiro atoms. The number of thioether (sulfide) groups is 1. The Balaban J connectivity index is 1.54. The highest BCUT2D eigenvalue weighted by Gasteiger charge is 2.71. The summed E-state index contributed by atoms with van der Waals surface area (Å²) in [5.41, 5.74) is -4.51. The predicted molar refractivity (Wildman–Crippen MR) is 136 cm³/mol. The van der Waals surface area contributed by atoms with Gasteiger partial charge in [0, 0.05) is 22.3 Å². The average molecular weight is 570 g/mol. The molecule has 0 aromatic heterocycles. The van der Waals surface area contributed by atoms with E-state index in [1.54, 1.807) is 24.3 Å². The number of benzene rings is 3. The van der Waals surface area contributed by atoms with Crippen LogP contribution < -0.4 is 9.64 Å². The lowest BCUT2D eigenvalue weighted by atomic mass is 9.92. The van der Waals surface area contributed by atoms with Crippen LogP contribution in [0.1, 0.15) is 30.0 Å². The van der Waals surface area contributed by atoms with Crippen LogP contribution in [0.25, 0.3) is 0 Å². The Morgan fingerprint density at radius 1 is 0.949 bits per heavy atom. The van der Waals surface area contributed by atoms with Crippen LogP contribution in [0.3, 0.4) is 0 Å². The number of carbonyl (C=O) groups is 1. The molecule has 0 aliphatic carbocycles. The monoisotopic (exact) mass is 569 g/mol. The molecule has 39 heavy (non-hydrogen) atoms. The lowest BCUT2D eigenvalue weighted by Crippen LogP contribution is -2.54. The van der Waals surface area contributed by atoms with Gasteiger partial charge in [0.15, 0.2) is 0 Å². The van der Waals surface area contributed by atoms with Gasteiger partial charge in [0.1, 0.15) is 12.4 Å². The number of anilines is 1. The van der Waals surface area contributed by atoms with Crippen molar-refractivity contribution in [2.24, 2.45) is 0 Å². The quantitative estimate of drug-likeness (QED) is 0.310. The molecule has 4 rings (SSSR count). The van der Waals surface area contributed by atoms with Crippen molar-refractivity contribution >= 4 is 23.4 Å². The molecule has 0 saturated carbocycles. The minimum Gasteiger partial charge on any atom is -0.489 e. The van der Waals surface area contributed by atoms with Gasteiger partial charge in [-0.2, -0.15) is 26.3 Å². The summed E-state index contributed by atoms with van der Waals surface area (Å²) >= 11 is 1.09. The van der Waals surface area contributed by atoms with E-state index in [1.165, 1.54) is 4.90 Å². The molecule has 3 aromatic rings. The van der Waals surface area contributed by atoms with Crippen molar-refractivity contribution in [3.63, 3.8) is 0 Å². The zero-order valence-electron chi connectivity index (χ0n) is 20.7. The minimum absolute atomic E-state index is 0.0315. The molecule has 1 atom stereocenters. The molecule has 4 nitrogen and oxygen atoms in total. The molecule has 0 bridgehead atoms. The van der Waals surface area contributed by atoms with Crippen molar-refractivity contribution in [3.8, 4) is 5.75 Å². The average Bonchev–Trinajstić information content (AvgIpc) is 2.90. The second-order valence-corrected chi connectivity index (χ2v) is 10.5. The Kier molecular flexibility index (Phi) is 8.22. The van der Waals surface area contributed by atoms with E-state index >= 15 is 0 Å². The molecule has 208 valence electrons. The summed E-state index contributed by atoms with van der Waals surface area (Å²) < 4.78 is 86.3. The third-order valence-electron chi connectivity index (χ3n) is 6.45. The fraction of sp³-hybridized carbons (Fsp3) is 0.321. The first kappa shape index (κ1) is 28.8. The van der Waals surface area contributed by atoms with E-state index < -0.39 is 23.5 Å². The molecule has 1 N–H and O–H groups in total. The van der Waals surface area contributed by atoms with Crippen LogP contribution in [0.2, 0.25) is 0 Å². The number of fused-ring (bicyclic) bond motifs is 1. The Morgan fingerprint density at radius 3 is 2.18 bits per heavy atom. The van der Waals surface area contributed by atoms with Gasteiger partial charge in [-0.15, -0.1) is 11.8 Å². The van der Waals surface area contributed by atoms with Crippen molar-refractivity contribution in [1.29, 1.82) is 0 Å². The summed E-state index contributed by atoms with van der Waals surface area (Å²) in [7, 11) is 0. The highest BCUT2D eigenvalue weighted by atomic mass is 32.2. The van der Waals surface area contributed by atoms with E-state index in [4.69, 9.17) is 4.74 Å². The minimum atomic E-state index is -5.99. The number of carbonyl (C=O) groups excluding carboxylic acids is 1. The van der Waals surface area contributed by atoms with Gasteiger partial charge in [0.05, 0.1) is 12.1 Å². The van der Waals surface area contributed by atoms with E-state index in [0.29, 0.717) is 36.5 Å². The molecule has 0 radical (unpaired) electrons. The van der Waals surface area contributed by atoms with Crippen LogP contribution in [0.4, 0.5) is 32.0 Å². The maximum absolute atomic E-state index is 13.4. The van der Waals surface area contributed by atoms with E-state index in [9.17, 15) is 36.2 Å². The summed E-state index contributed by atoms with van der Waals surface area (Å²) in [6.07, 6.45) is -11.5. The fourth-order valence-electron chi connectivity index (χ4n) is 4.23. The van der Waals surface area contributed by atoms with Crippen molar-refractivity contribution < 1.29 is 41.0 Å². The van der Waals surface area contributed by atoms with Gasteiger partial charge in [-0.25, -0.2) is 0 Å². The Bertz CT molecular complexity index is 1280. The van der Waals surface area contributed by atoms with Gasteiger partial charge < -0.3 is 14.7 Å². The number of nitrogens with zero attached hydrogens (tertiary/aromatic N) is 1. The van der Waals surface area contributed by atoms with Gasteiger partial charge in [-0.3, -0.25) is 4.79 Å². The molecule has 1 aliphatic rings. The lowest BCUT2D eigenvalue weighted by Gasteiger charge is -2.36. The van der Waals surface area contributed by atoms with E-state index in [0.717, 1.165) is 23.4 Å². The normalized spacial score (nSPS) is 16.1. The van der Waals surface area contributed by atoms with Crippen molar-refractivity contribution in [1.82, 2.24) is 0 Å². The smallest absolute Gasteiger partial charge is 0.430 e. The van der Waals surface area contributed by atoms with Crippen molar-refractivity contribution in [3.05, 3.63) is 89.5 Å². The summed E-state index contributed by atoms with van der Waals surface area (Å²) in [4.78, 5) is 14.7. The highest BCUT2D eigenvalue weighted by molar-refractivity contribution is 8.00. The number of rotatable bonds is 7. The first-order valence-electron chi connectivity index (χ1n) is 12.1. The fourth-order valence-corrected chi connectivity index (χ4v) is 5.47. The molecular formula is C28H25F6NO3S. The van der Waals surface area contributed by atoms with Crippen LogP contribution in [-0.2, 0) is 23.4 Å². The first-order chi connectivity index (χ1) is 18.3. The summed E-state index contributed by atoms with van der Waals surface area (Å²) in [5.74, 6) is 0.248. The molecule has 3 aromatic carbocycles. The molecule has 1 aliphatic heterocycles. The number of hydrogen-bond acceptors (Lipinski definition) is 4. The summed E-state index contributed by atoms with van der Waals surface area (Å²) in [6.45, 7) is 2.43. The van der Waals surface area contributed by atoms with Crippen LogP contribution in [-0.4, -0.2) is 35.2 Å². The molecule has 0 saturated heterocycles. The number of amides is 1. The van der Waals surface area contributed by atoms with Gasteiger partial charge in [-0.1, -0.05) is 55.5 Å². The number of halogens is 6. The van der Waals surface area contributed by atoms with Gasteiger partial charge >= 0.3 is 12.4 Å². The van der Waals surface area contributed by atoms with Crippen LogP contribution in [0.15, 0.2) is 77.7 Å². The van der Waals surface area contributed by atoms with Gasteiger partial charge in [0.25, 0.3) is 5.60 Å². The van der Waals surface area contributed by atoms with Gasteiger partial charge in [0.2, 0.25) is 5.91 Å². The maximum Gasteiger partial charge on any atom is 0.430 e. The summed E-state index contributed by atoms with van der Waals surface area (Å²) in [5, 5.41) is 9.57. The second kappa shape index (κ2) is 11.1. The number of aliphatic hydroxyl groups is 1. The second-order valence-electron chi connectivity index (χ2n) is 9.14. The molecular weight excluding hydrogens is 544 g/mol. The topological polar surface area (TPSA) is 49.8 Å². The molecule has 1 amide bonds.